The van der Waals surface area contributed by atoms with E-state index < -0.39 is 17.7 Å². The fourth-order valence-corrected chi connectivity index (χ4v) is 1.08. The molecule has 0 unspecified atom stereocenters. The minimum absolute atomic E-state index is 0.00130. The zero-order valence-corrected chi connectivity index (χ0v) is 10.7. The smallest absolute Gasteiger partial charge is 0.464 e. The van der Waals surface area contributed by atoms with Gasteiger partial charge in [0.1, 0.15) is 5.60 Å². The zero-order chi connectivity index (χ0) is 13.8. The highest BCUT2D eigenvalue weighted by atomic mass is 16.7. The van der Waals surface area contributed by atoms with Crippen molar-refractivity contribution in [1.29, 1.82) is 0 Å². The van der Waals surface area contributed by atoms with Crippen LogP contribution in [0.4, 0.5) is 4.79 Å². The van der Waals surface area contributed by atoms with Crippen LogP contribution in [0.1, 0.15) is 31.3 Å². The Labute approximate surface area is 105 Å². The Morgan fingerprint density at radius 2 is 1.94 bits per heavy atom. The molecule has 18 heavy (non-hydrogen) atoms. The molecule has 0 aliphatic carbocycles. The molecule has 0 saturated heterocycles. The first kappa shape index (κ1) is 14.0. The van der Waals surface area contributed by atoms with E-state index in [2.05, 4.69) is 9.72 Å². The molecule has 0 atom stereocenters. The number of hydrogen-bond acceptors (Lipinski definition) is 6. The molecule has 0 N–H and O–H groups in total. The first-order chi connectivity index (χ1) is 8.33. The van der Waals surface area contributed by atoms with Crippen molar-refractivity contribution in [2.45, 2.75) is 26.4 Å². The molecule has 1 rings (SSSR count). The van der Waals surface area contributed by atoms with Gasteiger partial charge >= 0.3 is 12.1 Å². The van der Waals surface area contributed by atoms with E-state index in [1.54, 1.807) is 20.8 Å². The Hall–Kier alpha value is -2.11. The fourth-order valence-electron chi connectivity index (χ4n) is 1.08. The van der Waals surface area contributed by atoms with E-state index >= 15 is 0 Å². The number of methoxy groups -OCH3 is 1. The Kier molecular flexibility index (Phi) is 4.25. The number of nitrogens with zero attached hydrogens (tertiary/aromatic N) is 1. The molecule has 0 fully saturated rings. The number of aromatic nitrogens is 1. The highest BCUT2D eigenvalue weighted by molar-refractivity contribution is 5.90. The third kappa shape index (κ3) is 4.04. The second-order valence-corrected chi connectivity index (χ2v) is 4.41. The maximum atomic E-state index is 11.5. The van der Waals surface area contributed by atoms with Gasteiger partial charge in [0.25, 0.3) is 0 Å². The van der Waals surface area contributed by atoms with Gasteiger partial charge in [0.05, 0.1) is 7.11 Å². The molecule has 6 nitrogen and oxygen atoms in total. The summed E-state index contributed by atoms with van der Waals surface area (Å²) in [6.45, 7) is 5.12. The van der Waals surface area contributed by atoms with Crippen LogP contribution in [0.2, 0.25) is 0 Å². The van der Waals surface area contributed by atoms with Crippen molar-refractivity contribution in [2.75, 3.05) is 7.11 Å². The lowest BCUT2D eigenvalue weighted by Crippen LogP contribution is -2.26. The van der Waals surface area contributed by atoms with Crippen molar-refractivity contribution in [3.63, 3.8) is 0 Å². The first-order valence-corrected chi connectivity index (χ1v) is 5.27. The van der Waals surface area contributed by atoms with Crippen LogP contribution in [-0.4, -0.2) is 29.8 Å². The molecule has 1 heterocycles. The van der Waals surface area contributed by atoms with Crippen LogP contribution in [0, 0.1) is 0 Å². The van der Waals surface area contributed by atoms with E-state index in [1.807, 2.05) is 0 Å². The van der Waals surface area contributed by atoms with Gasteiger partial charge in [-0.15, -0.1) is 0 Å². The van der Waals surface area contributed by atoms with Gasteiger partial charge in [-0.3, -0.25) is 0 Å². The summed E-state index contributed by atoms with van der Waals surface area (Å²) in [4.78, 5) is 26.6. The van der Waals surface area contributed by atoms with Crippen LogP contribution in [-0.2, 0) is 9.47 Å². The third-order valence-corrected chi connectivity index (χ3v) is 1.73. The average molecular weight is 253 g/mol. The first-order valence-electron chi connectivity index (χ1n) is 5.27. The van der Waals surface area contributed by atoms with Crippen molar-refractivity contribution in [2.24, 2.45) is 0 Å². The Balaban J connectivity index is 2.85. The number of ether oxygens (including phenoxy) is 3. The van der Waals surface area contributed by atoms with Gasteiger partial charge in [0, 0.05) is 6.20 Å². The number of rotatable bonds is 2. The number of carbonyl (C=O) groups is 2. The number of carbonyl (C=O) groups excluding carboxylic acids is 2. The molecular weight excluding hydrogens is 238 g/mol. The van der Waals surface area contributed by atoms with Crippen molar-refractivity contribution < 1.29 is 23.8 Å². The van der Waals surface area contributed by atoms with Gasteiger partial charge in [-0.05, 0) is 32.9 Å². The van der Waals surface area contributed by atoms with E-state index in [9.17, 15) is 9.59 Å². The van der Waals surface area contributed by atoms with Gasteiger partial charge in [0.2, 0.25) is 0 Å². The number of hydrogen-bond donors (Lipinski definition) is 0. The van der Waals surface area contributed by atoms with Crippen LogP contribution in [0.3, 0.4) is 0 Å². The van der Waals surface area contributed by atoms with Crippen molar-refractivity contribution in [1.82, 2.24) is 4.98 Å². The van der Waals surface area contributed by atoms with Crippen LogP contribution in [0.5, 0.6) is 5.75 Å². The highest BCUT2D eigenvalue weighted by Crippen LogP contribution is 2.18. The van der Waals surface area contributed by atoms with Gasteiger partial charge in [0.15, 0.2) is 11.4 Å². The largest absolute Gasteiger partial charge is 0.514 e. The van der Waals surface area contributed by atoms with Crippen molar-refractivity contribution >= 4 is 12.1 Å². The van der Waals surface area contributed by atoms with Crippen LogP contribution >= 0.6 is 0 Å². The molecule has 98 valence electrons. The maximum Gasteiger partial charge on any atom is 0.514 e. The van der Waals surface area contributed by atoms with E-state index in [1.165, 1.54) is 25.4 Å². The molecule has 0 radical (unpaired) electrons. The topological polar surface area (TPSA) is 74.7 Å². The van der Waals surface area contributed by atoms with E-state index in [-0.39, 0.29) is 11.4 Å². The zero-order valence-electron chi connectivity index (χ0n) is 10.7. The predicted octanol–water partition coefficient (Wildman–Crippen LogP) is 2.18. The average Bonchev–Trinajstić information content (AvgIpc) is 2.26. The summed E-state index contributed by atoms with van der Waals surface area (Å²) < 4.78 is 14.4. The quantitative estimate of drug-likeness (QED) is 0.752. The molecule has 0 spiro atoms. The van der Waals surface area contributed by atoms with Crippen molar-refractivity contribution in [3.05, 3.63) is 24.0 Å². The predicted molar refractivity (Wildman–Crippen MR) is 62.4 cm³/mol. The minimum atomic E-state index is -0.902. The van der Waals surface area contributed by atoms with Gasteiger partial charge in [-0.25, -0.2) is 14.6 Å². The highest BCUT2D eigenvalue weighted by Gasteiger charge is 2.21. The lowest BCUT2D eigenvalue weighted by atomic mass is 10.2. The summed E-state index contributed by atoms with van der Waals surface area (Å²) in [5, 5.41) is 0. The molecule has 0 aliphatic heterocycles. The Bertz CT molecular complexity index is 450. The van der Waals surface area contributed by atoms with Gasteiger partial charge in [-0.2, -0.15) is 0 Å². The van der Waals surface area contributed by atoms with Crippen molar-refractivity contribution in [3.8, 4) is 5.75 Å². The lowest BCUT2D eigenvalue weighted by Gasteiger charge is -2.18. The van der Waals surface area contributed by atoms with E-state index in [0.717, 1.165) is 0 Å². The summed E-state index contributed by atoms with van der Waals surface area (Å²) in [6, 6.07) is 2.97. The van der Waals surface area contributed by atoms with Crippen LogP contribution in [0.25, 0.3) is 0 Å². The molecule has 0 aromatic carbocycles. The molecule has 0 saturated carbocycles. The summed E-state index contributed by atoms with van der Waals surface area (Å²) in [6.07, 6.45) is 0.495. The minimum Gasteiger partial charge on any atom is -0.464 e. The lowest BCUT2D eigenvalue weighted by molar-refractivity contribution is 0.0202. The van der Waals surface area contributed by atoms with E-state index in [0.29, 0.717) is 0 Å². The summed E-state index contributed by atoms with van der Waals surface area (Å²) in [5.74, 6) is -0.687. The summed E-state index contributed by atoms with van der Waals surface area (Å²) in [7, 11) is 1.22. The number of pyridine rings is 1. The van der Waals surface area contributed by atoms with Crippen LogP contribution in [0.15, 0.2) is 18.3 Å². The molecule has 0 aliphatic rings. The second kappa shape index (κ2) is 5.48. The number of esters is 1. The molecule has 1 aromatic rings. The second-order valence-electron chi connectivity index (χ2n) is 4.41. The molecule has 1 aromatic heterocycles. The Morgan fingerprint density at radius 3 is 2.50 bits per heavy atom. The maximum absolute atomic E-state index is 11.5. The molecule has 6 heteroatoms. The standard InChI is InChI=1S/C12H15NO5/c1-12(2,3)18-11(15)17-8-6-5-7-13-9(8)10(14)16-4/h5-7H,1-4H3. The van der Waals surface area contributed by atoms with Gasteiger partial charge < -0.3 is 14.2 Å². The Morgan fingerprint density at radius 1 is 1.28 bits per heavy atom. The monoisotopic (exact) mass is 253 g/mol. The molecule has 0 bridgehead atoms. The van der Waals surface area contributed by atoms with Crippen LogP contribution < -0.4 is 4.74 Å². The summed E-state index contributed by atoms with van der Waals surface area (Å²) in [5.41, 5.74) is -0.754. The SMILES string of the molecule is COC(=O)c1ncccc1OC(=O)OC(C)(C)C. The van der Waals surface area contributed by atoms with E-state index in [4.69, 9.17) is 9.47 Å². The summed E-state index contributed by atoms with van der Waals surface area (Å²) >= 11 is 0. The fraction of sp³-hybridized carbons (Fsp3) is 0.417. The third-order valence-electron chi connectivity index (χ3n) is 1.73. The normalized spacial score (nSPS) is 10.7. The molecule has 0 amide bonds. The van der Waals surface area contributed by atoms with Gasteiger partial charge in [-0.1, -0.05) is 0 Å². The molecular formula is C12H15NO5.